The number of imidazole rings is 1. The summed E-state index contributed by atoms with van der Waals surface area (Å²) in [5.74, 6) is -2.07. The zero-order valence-electron chi connectivity index (χ0n) is 16.6. The first-order chi connectivity index (χ1) is 15.7. The fourth-order valence-corrected chi connectivity index (χ4v) is 3.59. The van der Waals surface area contributed by atoms with Crippen molar-refractivity contribution in [2.75, 3.05) is 11.9 Å². The predicted octanol–water partition coefficient (Wildman–Crippen LogP) is 4.33. The topological polar surface area (TPSA) is 113 Å². The Hall–Kier alpha value is -3.67. The number of carbonyl (C=O) groups excluding carboxylic acids is 1. The number of benzene rings is 1. The number of carbonyl (C=O) groups is 1. The Balaban J connectivity index is 1.66. The molecule has 4 rings (SSSR count). The van der Waals surface area contributed by atoms with E-state index in [4.69, 9.17) is 4.74 Å². The first kappa shape index (κ1) is 22.5. The van der Waals surface area contributed by atoms with Crippen LogP contribution in [0.2, 0.25) is 0 Å². The largest absolute Gasteiger partial charge is 0.490 e. The Labute approximate surface area is 192 Å². The van der Waals surface area contributed by atoms with Gasteiger partial charge >= 0.3 is 12.1 Å². The predicted molar refractivity (Wildman–Crippen MR) is 117 cm³/mol. The van der Waals surface area contributed by atoms with Gasteiger partial charge < -0.3 is 20.0 Å². The molecule has 1 atom stereocenters. The molecular formula is C21H15BrF3N5O3. The summed E-state index contributed by atoms with van der Waals surface area (Å²) in [6.45, 7) is -0.240. The molecular weight excluding hydrogens is 507 g/mol. The van der Waals surface area contributed by atoms with E-state index in [1.807, 2.05) is 0 Å². The fraction of sp³-hybridized carbons (Fsp3) is 0.143. The Morgan fingerprint density at radius 2 is 2.06 bits per heavy atom. The zero-order valence-corrected chi connectivity index (χ0v) is 18.2. The number of rotatable bonds is 6. The Kier molecular flexibility index (Phi) is 6.18. The number of alkyl halides is 3. The van der Waals surface area contributed by atoms with Crippen LogP contribution in [-0.4, -0.2) is 38.6 Å². The van der Waals surface area contributed by atoms with Crippen molar-refractivity contribution in [2.24, 2.45) is 0 Å². The van der Waals surface area contributed by atoms with Crippen molar-refractivity contribution in [2.45, 2.75) is 12.3 Å². The van der Waals surface area contributed by atoms with Crippen molar-refractivity contribution < 1.29 is 22.7 Å². The second kappa shape index (κ2) is 9.06. The molecule has 0 aliphatic heterocycles. The smallest absolute Gasteiger partial charge is 0.449 e. The van der Waals surface area contributed by atoms with E-state index < -0.39 is 23.8 Å². The number of nitrogens with one attached hydrogen (secondary N) is 3. The van der Waals surface area contributed by atoms with Crippen molar-refractivity contribution in [1.82, 2.24) is 19.9 Å². The van der Waals surface area contributed by atoms with E-state index in [9.17, 15) is 22.8 Å². The van der Waals surface area contributed by atoms with Gasteiger partial charge in [0.2, 0.25) is 0 Å². The average Bonchev–Trinajstić information content (AvgIpc) is 3.19. The molecule has 3 N–H and O–H groups in total. The van der Waals surface area contributed by atoms with Crippen LogP contribution >= 0.6 is 15.9 Å². The van der Waals surface area contributed by atoms with Crippen molar-refractivity contribution >= 4 is 38.6 Å². The number of hydrogen-bond acceptors (Lipinski definition) is 6. The minimum atomic E-state index is -5.15. The minimum Gasteiger partial charge on any atom is -0.449 e. The monoisotopic (exact) mass is 521 g/mol. The zero-order chi connectivity index (χ0) is 23.6. The molecule has 0 spiro atoms. The Bertz CT molecular complexity index is 1340. The quantitative estimate of drug-likeness (QED) is 0.325. The van der Waals surface area contributed by atoms with Gasteiger partial charge in [-0.25, -0.2) is 9.78 Å². The van der Waals surface area contributed by atoms with E-state index in [1.54, 1.807) is 36.7 Å². The Morgan fingerprint density at radius 1 is 1.24 bits per heavy atom. The number of fused-ring (bicyclic) bond motifs is 1. The lowest BCUT2D eigenvalue weighted by molar-refractivity contribution is -0.204. The first-order valence-corrected chi connectivity index (χ1v) is 10.3. The number of aromatic nitrogens is 4. The highest BCUT2D eigenvalue weighted by molar-refractivity contribution is 9.10. The summed E-state index contributed by atoms with van der Waals surface area (Å²) in [5, 5.41) is 2.92. The van der Waals surface area contributed by atoms with Crippen LogP contribution in [0.25, 0.3) is 22.4 Å². The van der Waals surface area contributed by atoms with Crippen molar-refractivity contribution in [1.29, 1.82) is 0 Å². The van der Waals surface area contributed by atoms with Gasteiger partial charge in [0, 0.05) is 16.9 Å². The van der Waals surface area contributed by atoms with Crippen LogP contribution in [0.4, 0.5) is 18.9 Å². The standard InChI is InChI=1S/C21H15BrF3N5O3/c22-12-3-1-2-11(8-12)16(33-20(32)21(23,24)25)10-28-14-5-7-27-19(31)17(14)18-29-13-4-6-26-9-15(13)30-18/h1-9,16H,10H2,(H,29,30)(H2,27,28,31). The molecule has 33 heavy (non-hydrogen) atoms. The lowest BCUT2D eigenvalue weighted by Crippen LogP contribution is -2.29. The van der Waals surface area contributed by atoms with Crippen LogP contribution in [0.5, 0.6) is 0 Å². The molecule has 0 aliphatic carbocycles. The molecule has 3 heterocycles. The van der Waals surface area contributed by atoms with E-state index >= 15 is 0 Å². The summed E-state index contributed by atoms with van der Waals surface area (Å²) >= 11 is 3.25. The molecule has 1 aromatic carbocycles. The van der Waals surface area contributed by atoms with E-state index in [2.05, 4.69) is 41.2 Å². The highest BCUT2D eigenvalue weighted by Gasteiger charge is 2.42. The molecule has 0 fully saturated rings. The third-order valence-corrected chi connectivity index (χ3v) is 5.15. The van der Waals surface area contributed by atoms with Crippen molar-refractivity contribution in [3.05, 3.63) is 75.4 Å². The van der Waals surface area contributed by atoms with Gasteiger partial charge in [-0.15, -0.1) is 0 Å². The van der Waals surface area contributed by atoms with Crippen LogP contribution in [-0.2, 0) is 9.53 Å². The number of H-pyrrole nitrogens is 2. The van der Waals surface area contributed by atoms with E-state index in [1.165, 1.54) is 18.3 Å². The number of aromatic amines is 2. The van der Waals surface area contributed by atoms with Gasteiger partial charge in [0.15, 0.2) is 0 Å². The number of nitrogens with zero attached hydrogens (tertiary/aromatic N) is 2. The maximum absolute atomic E-state index is 12.8. The summed E-state index contributed by atoms with van der Waals surface area (Å²) in [6.07, 6.45) is -1.95. The van der Waals surface area contributed by atoms with E-state index in [0.717, 1.165) is 0 Å². The number of halogens is 4. The summed E-state index contributed by atoms with van der Waals surface area (Å²) in [6, 6.07) is 9.57. The highest BCUT2D eigenvalue weighted by atomic mass is 79.9. The number of esters is 1. The van der Waals surface area contributed by atoms with Crippen LogP contribution in [0, 0.1) is 0 Å². The number of anilines is 1. The molecule has 0 amide bonds. The lowest BCUT2D eigenvalue weighted by Gasteiger charge is -2.21. The van der Waals surface area contributed by atoms with Gasteiger partial charge in [-0.2, -0.15) is 13.2 Å². The van der Waals surface area contributed by atoms with Gasteiger partial charge in [0.05, 0.1) is 29.5 Å². The van der Waals surface area contributed by atoms with Crippen LogP contribution < -0.4 is 10.9 Å². The molecule has 8 nitrogen and oxygen atoms in total. The molecule has 4 aromatic rings. The lowest BCUT2D eigenvalue weighted by atomic mass is 10.1. The first-order valence-electron chi connectivity index (χ1n) is 9.51. The van der Waals surface area contributed by atoms with Crippen LogP contribution in [0.3, 0.4) is 0 Å². The van der Waals surface area contributed by atoms with Gasteiger partial charge in [-0.1, -0.05) is 28.1 Å². The normalized spacial score (nSPS) is 12.5. The molecule has 0 saturated heterocycles. The maximum atomic E-state index is 12.8. The van der Waals surface area contributed by atoms with Crippen LogP contribution in [0.15, 0.2) is 64.3 Å². The third-order valence-electron chi connectivity index (χ3n) is 4.66. The summed E-state index contributed by atoms with van der Waals surface area (Å²) in [7, 11) is 0. The summed E-state index contributed by atoms with van der Waals surface area (Å²) in [5.41, 5.74) is 1.47. The second-order valence-corrected chi connectivity index (χ2v) is 7.82. The van der Waals surface area contributed by atoms with Gasteiger partial charge in [0.1, 0.15) is 17.5 Å². The third kappa shape index (κ3) is 5.06. The molecule has 0 aliphatic rings. The van der Waals surface area contributed by atoms with Crippen molar-refractivity contribution in [3.63, 3.8) is 0 Å². The van der Waals surface area contributed by atoms with Crippen LogP contribution in [0.1, 0.15) is 11.7 Å². The van der Waals surface area contributed by atoms with Gasteiger partial charge in [-0.05, 0) is 29.8 Å². The SMILES string of the molecule is O=C(OC(CNc1cc[nH]c(=O)c1-c1nc2ccncc2[nH]1)c1cccc(Br)c1)C(F)(F)F. The molecule has 3 aromatic heterocycles. The molecule has 0 saturated carbocycles. The van der Waals surface area contributed by atoms with Gasteiger partial charge in [0.25, 0.3) is 5.56 Å². The van der Waals surface area contributed by atoms with E-state index in [-0.39, 0.29) is 23.6 Å². The fourth-order valence-electron chi connectivity index (χ4n) is 3.17. The minimum absolute atomic E-state index is 0.142. The second-order valence-electron chi connectivity index (χ2n) is 6.90. The number of ether oxygens (including phenoxy) is 1. The van der Waals surface area contributed by atoms with Gasteiger partial charge in [-0.3, -0.25) is 9.78 Å². The molecule has 0 bridgehead atoms. The molecule has 170 valence electrons. The molecule has 1 unspecified atom stereocenters. The maximum Gasteiger partial charge on any atom is 0.490 e. The number of hydrogen-bond donors (Lipinski definition) is 3. The highest BCUT2D eigenvalue weighted by Crippen LogP contribution is 2.28. The summed E-state index contributed by atoms with van der Waals surface area (Å²) < 4.78 is 43.9. The van der Waals surface area contributed by atoms with Crippen molar-refractivity contribution in [3.8, 4) is 11.4 Å². The van der Waals surface area contributed by atoms with E-state index in [0.29, 0.717) is 21.1 Å². The molecule has 0 radical (unpaired) electrons. The number of pyridine rings is 2. The Morgan fingerprint density at radius 3 is 2.79 bits per heavy atom. The average molecular weight is 522 g/mol. The molecule has 12 heteroatoms. The summed E-state index contributed by atoms with van der Waals surface area (Å²) in [4.78, 5) is 38.0.